The van der Waals surface area contributed by atoms with E-state index in [2.05, 4.69) is 9.88 Å². The Morgan fingerprint density at radius 3 is 2.84 bits per heavy atom. The number of nitrogens with one attached hydrogen (secondary N) is 1. The minimum Gasteiger partial charge on any atom is -0.361 e. The molecule has 108 valence electrons. The first-order valence-corrected chi connectivity index (χ1v) is 8.27. The van der Waals surface area contributed by atoms with Crippen molar-refractivity contribution in [3.63, 3.8) is 0 Å². The lowest BCUT2D eigenvalue weighted by molar-refractivity contribution is 0.296. The summed E-state index contributed by atoms with van der Waals surface area (Å²) in [5.41, 5.74) is 6.14. The smallest absolute Gasteiger partial charge is 0.217 e. The molecule has 0 bridgehead atoms. The van der Waals surface area contributed by atoms with E-state index >= 15 is 0 Å². The lowest BCUT2D eigenvalue weighted by Crippen LogP contribution is -2.45. The Labute approximate surface area is 113 Å². The van der Waals surface area contributed by atoms with Crippen molar-refractivity contribution in [3.05, 3.63) is 17.5 Å². The van der Waals surface area contributed by atoms with Crippen LogP contribution >= 0.6 is 0 Å². The molecule has 0 radical (unpaired) electrons. The Morgan fingerprint density at radius 1 is 1.47 bits per heavy atom. The van der Waals surface area contributed by atoms with Gasteiger partial charge >= 0.3 is 0 Å². The van der Waals surface area contributed by atoms with Crippen molar-refractivity contribution in [2.75, 3.05) is 6.54 Å². The topological polar surface area (TPSA) is 98.2 Å². The minimum absolute atomic E-state index is 0.0447. The van der Waals surface area contributed by atoms with Crippen molar-refractivity contribution >= 4 is 10.0 Å². The van der Waals surface area contributed by atoms with Crippen LogP contribution in [0.3, 0.4) is 0 Å². The molecule has 0 amide bonds. The van der Waals surface area contributed by atoms with Crippen LogP contribution in [0.5, 0.6) is 0 Å². The van der Waals surface area contributed by atoms with Crippen LogP contribution in [0.4, 0.5) is 0 Å². The zero-order valence-electron chi connectivity index (χ0n) is 11.1. The molecule has 7 heteroatoms. The van der Waals surface area contributed by atoms with Crippen LogP contribution in [0.25, 0.3) is 0 Å². The van der Waals surface area contributed by atoms with E-state index in [1.54, 1.807) is 13.0 Å². The molecule has 6 nitrogen and oxygen atoms in total. The first kappa shape index (κ1) is 14.5. The van der Waals surface area contributed by atoms with E-state index in [0.717, 1.165) is 25.7 Å². The summed E-state index contributed by atoms with van der Waals surface area (Å²) >= 11 is 0. The molecule has 2 atom stereocenters. The monoisotopic (exact) mass is 287 g/mol. The van der Waals surface area contributed by atoms with Gasteiger partial charge in [-0.15, -0.1) is 0 Å². The van der Waals surface area contributed by atoms with E-state index in [9.17, 15) is 8.42 Å². The highest BCUT2D eigenvalue weighted by Crippen LogP contribution is 2.24. The standard InChI is InChI=1S/C12H21N3O3S/c1-9-6-11(14-18-9)8-19(16,17)15-12-5-3-2-4-10(12)7-13/h6,10,12,15H,2-5,7-8,13H2,1H3. The molecule has 1 saturated carbocycles. The van der Waals surface area contributed by atoms with Gasteiger partial charge in [0.05, 0.1) is 0 Å². The number of hydrogen-bond donors (Lipinski definition) is 2. The fourth-order valence-electron chi connectivity index (χ4n) is 2.60. The number of nitrogens with zero attached hydrogens (tertiary/aromatic N) is 1. The van der Waals surface area contributed by atoms with Gasteiger partial charge in [0.15, 0.2) is 0 Å². The van der Waals surface area contributed by atoms with Crippen LogP contribution in [-0.2, 0) is 15.8 Å². The fourth-order valence-corrected chi connectivity index (χ4v) is 3.98. The second-order valence-corrected chi connectivity index (χ2v) is 6.95. The molecule has 1 aromatic rings. The summed E-state index contributed by atoms with van der Waals surface area (Å²) in [5.74, 6) is 0.711. The van der Waals surface area contributed by atoms with Crippen LogP contribution in [0.2, 0.25) is 0 Å². The van der Waals surface area contributed by atoms with E-state index in [1.165, 1.54) is 0 Å². The van der Waals surface area contributed by atoms with Gasteiger partial charge in [-0.3, -0.25) is 0 Å². The largest absolute Gasteiger partial charge is 0.361 e. The molecule has 3 N–H and O–H groups in total. The highest BCUT2D eigenvalue weighted by Gasteiger charge is 2.28. The lowest BCUT2D eigenvalue weighted by atomic mass is 9.85. The third-order valence-electron chi connectivity index (χ3n) is 3.56. The predicted molar refractivity (Wildman–Crippen MR) is 71.8 cm³/mol. The SMILES string of the molecule is Cc1cc(CS(=O)(=O)NC2CCCCC2CN)no1. The van der Waals surface area contributed by atoms with E-state index in [0.29, 0.717) is 18.0 Å². The number of aromatic nitrogens is 1. The van der Waals surface area contributed by atoms with E-state index in [-0.39, 0.29) is 17.7 Å². The van der Waals surface area contributed by atoms with Gasteiger partial charge in [0, 0.05) is 12.1 Å². The number of hydrogen-bond acceptors (Lipinski definition) is 5. The van der Waals surface area contributed by atoms with E-state index < -0.39 is 10.0 Å². The highest BCUT2D eigenvalue weighted by molar-refractivity contribution is 7.88. The van der Waals surface area contributed by atoms with E-state index in [1.807, 2.05) is 0 Å². The van der Waals surface area contributed by atoms with Crippen molar-refractivity contribution in [3.8, 4) is 0 Å². The van der Waals surface area contributed by atoms with Crippen LogP contribution in [0, 0.1) is 12.8 Å². The first-order chi connectivity index (χ1) is 9.00. The van der Waals surface area contributed by atoms with E-state index in [4.69, 9.17) is 10.3 Å². The molecule has 1 heterocycles. The lowest BCUT2D eigenvalue weighted by Gasteiger charge is -2.30. The summed E-state index contributed by atoms with van der Waals surface area (Å²) < 4.78 is 31.9. The van der Waals surface area contributed by atoms with Crippen molar-refractivity contribution < 1.29 is 12.9 Å². The Balaban J connectivity index is 1.99. The number of nitrogens with two attached hydrogens (primary N) is 1. The van der Waals surface area contributed by atoms with Crippen LogP contribution in [-0.4, -0.2) is 26.2 Å². The van der Waals surface area contributed by atoms with Gasteiger partial charge in [0.1, 0.15) is 17.2 Å². The summed E-state index contributed by atoms with van der Waals surface area (Å²) in [5, 5.41) is 3.71. The van der Waals surface area contributed by atoms with Crippen molar-refractivity contribution in [2.24, 2.45) is 11.7 Å². The summed E-state index contributed by atoms with van der Waals surface area (Å²) in [6, 6.07) is 1.59. The molecular formula is C12H21N3O3S. The zero-order chi connectivity index (χ0) is 13.9. The summed E-state index contributed by atoms with van der Waals surface area (Å²) in [6.07, 6.45) is 4.03. The molecule has 0 saturated heterocycles. The molecule has 2 unspecified atom stereocenters. The third-order valence-corrected chi connectivity index (χ3v) is 4.90. The number of rotatable bonds is 5. The van der Waals surface area contributed by atoms with Crippen molar-refractivity contribution in [1.29, 1.82) is 0 Å². The molecule has 19 heavy (non-hydrogen) atoms. The molecule has 1 aromatic heterocycles. The molecular weight excluding hydrogens is 266 g/mol. The third kappa shape index (κ3) is 4.02. The number of sulfonamides is 1. The van der Waals surface area contributed by atoms with Crippen LogP contribution < -0.4 is 10.5 Å². The Morgan fingerprint density at radius 2 is 2.21 bits per heavy atom. The molecule has 1 aliphatic rings. The summed E-state index contributed by atoms with van der Waals surface area (Å²) in [6.45, 7) is 2.26. The molecule has 1 aliphatic carbocycles. The maximum Gasteiger partial charge on any atom is 0.217 e. The maximum absolute atomic E-state index is 12.1. The predicted octanol–water partition coefficient (Wildman–Crippen LogP) is 0.920. The van der Waals surface area contributed by atoms with Crippen molar-refractivity contribution in [1.82, 2.24) is 9.88 Å². The average Bonchev–Trinajstić information content (AvgIpc) is 2.74. The highest BCUT2D eigenvalue weighted by atomic mass is 32.2. The molecule has 1 fully saturated rings. The van der Waals surface area contributed by atoms with Gasteiger partial charge in [-0.1, -0.05) is 18.0 Å². The van der Waals surface area contributed by atoms with Gasteiger partial charge < -0.3 is 10.3 Å². The number of aryl methyl sites for hydroxylation is 1. The van der Waals surface area contributed by atoms with Gasteiger partial charge in [-0.25, -0.2) is 13.1 Å². The molecule has 0 spiro atoms. The average molecular weight is 287 g/mol. The second kappa shape index (κ2) is 6.02. The van der Waals surface area contributed by atoms with Gasteiger partial charge in [-0.2, -0.15) is 0 Å². The van der Waals surface area contributed by atoms with Gasteiger partial charge in [0.2, 0.25) is 10.0 Å². The Bertz CT molecular complexity index is 512. The minimum atomic E-state index is -3.39. The molecule has 2 rings (SSSR count). The quantitative estimate of drug-likeness (QED) is 0.839. The normalized spacial score (nSPS) is 24.5. The van der Waals surface area contributed by atoms with Crippen LogP contribution in [0.15, 0.2) is 10.6 Å². The molecule has 0 aromatic carbocycles. The fraction of sp³-hybridized carbons (Fsp3) is 0.750. The zero-order valence-corrected chi connectivity index (χ0v) is 11.9. The Kier molecular flexibility index (Phi) is 4.59. The van der Waals surface area contributed by atoms with Crippen molar-refractivity contribution in [2.45, 2.75) is 44.4 Å². The summed E-state index contributed by atoms with van der Waals surface area (Å²) in [4.78, 5) is 0. The Hall–Kier alpha value is -0.920. The summed E-state index contributed by atoms with van der Waals surface area (Å²) in [7, 11) is -3.39. The van der Waals surface area contributed by atoms with Crippen LogP contribution in [0.1, 0.15) is 37.1 Å². The first-order valence-electron chi connectivity index (χ1n) is 6.62. The van der Waals surface area contributed by atoms with Gasteiger partial charge in [-0.05, 0) is 32.2 Å². The second-order valence-electron chi connectivity index (χ2n) is 5.19. The maximum atomic E-state index is 12.1. The van der Waals surface area contributed by atoms with Gasteiger partial charge in [0.25, 0.3) is 0 Å². The molecule has 0 aliphatic heterocycles.